The fourth-order valence-corrected chi connectivity index (χ4v) is 5.82. The normalized spacial score (nSPS) is 17.0. The van der Waals surface area contributed by atoms with Gasteiger partial charge < -0.3 is 5.32 Å². The lowest BCUT2D eigenvalue weighted by Gasteiger charge is -2.11. The average Bonchev–Trinajstić information content (AvgIpc) is 3.26. The summed E-state index contributed by atoms with van der Waals surface area (Å²) in [5.74, 6) is 0.420. The van der Waals surface area contributed by atoms with E-state index in [9.17, 15) is 4.79 Å². The number of nitrogens with one attached hydrogen (secondary N) is 1. The minimum absolute atomic E-state index is 0.191. The van der Waals surface area contributed by atoms with Gasteiger partial charge in [-0.05, 0) is 56.2 Å². The van der Waals surface area contributed by atoms with E-state index in [1.165, 1.54) is 33.5 Å². The van der Waals surface area contributed by atoms with Crippen LogP contribution in [0, 0.1) is 5.92 Å². The lowest BCUT2D eigenvalue weighted by molar-refractivity contribution is -0.117. The van der Waals surface area contributed by atoms with Crippen LogP contribution in [0.1, 0.15) is 36.1 Å². The zero-order chi connectivity index (χ0) is 16.1. The number of rotatable bonds is 3. The van der Waals surface area contributed by atoms with Crippen LogP contribution in [0.3, 0.4) is 0 Å². The minimum atomic E-state index is 0.191. The van der Waals surface area contributed by atoms with Crippen molar-refractivity contribution >= 4 is 43.8 Å². The molecule has 1 saturated carbocycles. The summed E-state index contributed by atoms with van der Waals surface area (Å²) in [6.45, 7) is 0. The van der Waals surface area contributed by atoms with E-state index in [0.29, 0.717) is 0 Å². The maximum absolute atomic E-state index is 12.3. The fourth-order valence-electron chi connectivity index (χ4n) is 3.42. The maximum Gasteiger partial charge on any atom is 0.228 e. The van der Waals surface area contributed by atoms with E-state index in [0.717, 1.165) is 41.2 Å². The predicted molar refractivity (Wildman–Crippen MR) is 101 cm³/mol. The molecular weight excluding hydrogens is 336 g/mol. The molecule has 0 atom stereocenters. The van der Waals surface area contributed by atoms with Gasteiger partial charge in [0.1, 0.15) is 10.0 Å². The van der Waals surface area contributed by atoms with Gasteiger partial charge in [-0.3, -0.25) is 4.79 Å². The Morgan fingerprint density at radius 3 is 2.79 bits per heavy atom. The molecule has 122 valence electrons. The van der Waals surface area contributed by atoms with Crippen LogP contribution in [0.4, 0.5) is 5.00 Å². The van der Waals surface area contributed by atoms with Gasteiger partial charge >= 0.3 is 0 Å². The monoisotopic (exact) mass is 354 g/mol. The van der Waals surface area contributed by atoms with E-state index < -0.39 is 0 Å². The van der Waals surface area contributed by atoms with Gasteiger partial charge in [-0.2, -0.15) is 0 Å². The third-order valence-corrected chi connectivity index (χ3v) is 7.13. The minimum Gasteiger partial charge on any atom is -0.317 e. The highest BCUT2D eigenvalue weighted by atomic mass is 32.1. The van der Waals surface area contributed by atoms with Gasteiger partial charge in [0.25, 0.3) is 0 Å². The number of aromatic nitrogens is 1. The van der Waals surface area contributed by atoms with E-state index in [1.54, 1.807) is 22.7 Å². The van der Waals surface area contributed by atoms with Crippen molar-refractivity contribution in [3.63, 3.8) is 0 Å². The number of amides is 1. The van der Waals surface area contributed by atoms with Crippen molar-refractivity contribution in [3.05, 3.63) is 34.7 Å². The molecule has 2 heterocycles. The van der Waals surface area contributed by atoms with Crippen molar-refractivity contribution in [2.75, 3.05) is 5.32 Å². The summed E-state index contributed by atoms with van der Waals surface area (Å²) in [7, 11) is 0. The summed E-state index contributed by atoms with van der Waals surface area (Å²) in [5, 5.41) is 5.30. The number of aryl methyl sites for hydroxylation is 1. The Morgan fingerprint density at radius 2 is 1.96 bits per heavy atom. The van der Waals surface area contributed by atoms with Crippen molar-refractivity contribution in [2.24, 2.45) is 5.92 Å². The topological polar surface area (TPSA) is 42.0 Å². The van der Waals surface area contributed by atoms with E-state index in [4.69, 9.17) is 4.98 Å². The maximum atomic E-state index is 12.3. The first-order valence-electron chi connectivity index (χ1n) is 8.61. The number of hydrogen-bond donors (Lipinski definition) is 1. The Balaban J connectivity index is 1.64. The second-order valence-corrected chi connectivity index (χ2v) is 8.80. The third-order valence-electron chi connectivity index (χ3n) is 4.86. The largest absolute Gasteiger partial charge is 0.317 e. The summed E-state index contributed by atoms with van der Waals surface area (Å²) in [6, 6.07) is 8.28. The molecule has 3 nitrogen and oxygen atoms in total. The number of benzene rings is 1. The average molecular weight is 355 g/mol. The van der Waals surface area contributed by atoms with E-state index >= 15 is 0 Å². The summed E-state index contributed by atoms with van der Waals surface area (Å²) in [4.78, 5) is 18.6. The molecule has 1 fully saturated rings. The van der Waals surface area contributed by atoms with Gasteiger partial charge in [0.2, 0.25) is 5.91 Å². The molecule has 2 aliphatic carbocycles. The first-order chi connectivity index (χ1) is 11.8. The number of carbonyl (C=O) groups excluding carboxylic acids is 1. The Morgan fingerprint density at radius 1 is 1.12 bits per heavy atom. The Labute approximate surface area is 148 Å². The second-order valence-electron chi connectivity index (χ2n) is 6.67. The third kappa shape index (κ3) is 2.47. The first kappa shape index (κ1) is 14.6. The second kappa shape index (κ2) is 5.67. The van der Waals surface area contributed by atoms with Gasteiger partial charge in [0.15, 0.2) is 0 Å². The van der Waals surface area contributed by atoms with Crippen LogP contribution in [-0.4, -0.2) is 10.9 Å². The molecule has 0 radical (unpaired) electrons. The van der Waals surface area contributed by atoms with E-state index in [-0.39, 0.29) is 11.8 Å². The van der Waals surface area contributed by atoms with Crippen molar-refractivity contribution in [1.82, 2.24) is 4.98 Å². The van der Waals surface area contributed by atoms with Gasteiger partial charge in [-0.15, -0.1) is 22.7 Å². The Hall–Kier alpha value is -1.72. The lowest BCUT2D eigenvalue weighted by atomic mass is 9.96. The van der Waals surface area contributed by atoms with Crippen molar-refractivity contribution < 1.29 is 4.79 Å². The molecule has 2 aromatic heterocycles. The van der Waals surface area contributed by atoms with Crippen LogP contribution in [0.5, 0.6) is 0 Å². The number of nitrogens with zero attached hydrogens (tertiary/aromatic N) is 1. The van der Waals surface area contributed by atoms with Crippen molar-refractivity contribution in [3.8, 4) is 10.6 Å². The SMILES string of the molecule is O=C(Nc1sc2c(c1-c1nc3ccccc3s1)CCCC2)C1CC1. The summed E-state index contributed by atoms with van der Waals surface area (Å²) >= 11 is 3.51. The number of fused-ring (bicyclic) bond motifs is 2. The number of hydrogen-bond acceptors (Lipinski definition) is 4. The van der Waals surface area contributed by atoms with Crippen LogP contribution >= 0.6 is 22.7 Å². The van der Waals surface area contributed by atoms with Crippen LogP contribution in [0.2, 0.25) is 0 Å². The molecule has 0 saturated heterocycles. The predicted octanol–water partition coefficient (Wildman–Crippen LogP) is 5.25. The first-order valence-corrected chi connectivity index (χ1v) is 10.2. The molecule has 1 amide bonds. The van der Waals surface area contributed by atoms with E-state index in [2.05, 4.69) is 23.5 Å². The Kier molecular flexibility index (Phi) is 3.45. The van der Waals surface area contributed by atoms with Crippen LogP contribution in [-0.2, 0) is 17.6 Å². The molecule has 24 heavy (non-hydrogen) atoms. The smallest absolute Gasteiger partial charge is 0.228 e. The van der Waals surface area contributed by atoms with Gasteiger partial charge in [0.05, 0.1) is 10.2 Å². The standard InChI is InChI=1S/C19H18N2OS2/c22-17(11-9-10-11)21-19-16(12-5-1-3-7-14(12)23-19)18-20-13-6-2-4-8-15(13)24-18/h2,4,6,8,11H,1,3,5,7,9-10H2,(H,21,22). The zero-order valence-electron chi connectivity index (χ0n) is 13.3. The molecular formula is C19H18N2OS2. The molecule has 1 aromatic carbocycles. The highest BCUT2D eigenvalue weighted by Crippen LogP contribution is 2.46. The number of anilines is 1. The Bertz CT molecular complexity index is 903. The van der Waals surface area contributed by atoms with Crippen molar-refractivity contribution in [1.29, 1.82) is 0 Å². The van der Waals surface area contributed by atoms with Crippen LogP contribution in [0.15, 0.2) is 24.3 Å². The number of thiophene rings is 1. The van der Waals surface area contributed by atoms with Gasteiger partial charge in [-0.1, -0.05) is 12.1 Å². The molecule has 0 aliphatic heterocycles. The fraction of sp³-hybridized carbons (Fsp3) is 0.368. The number of para-hydroxylation sites is 1. The molecule has 0 unspecified atom stereocenters. The lowest BCUT2D eigenvalue weighted by Crippen LogP contribution is -2.12. The molecule has 2 aliphatic rings. The number of thiazole rings is 1. The molecule has 1 N–H and O–H groups in total. The highest BCUT2D eigenvalue weighted by molar-refractivity contribution is 7.22. The van der Waals surface area contributed by atoms with E-state index in [1.807, 2.05) is 6.07 Å². The molecule has 5 rings (SSSR count). The van der Waals surface area contributed by atoms with Gasteiger partial charge in [-0.25, -0.2) is 4.98 Å². The highest BCUT2D eigenvalue weighted by Gasteiger charge is 2.32. The molecule has 0 bridgehead atoms. The zero-order valence-corrected chi connectivity index (χ0v) is 14.9. The molecule has 3 aromatic rings. The number of carbonyl (C=O) groups is 1. The summed E-state index contributed by atoms with van der Waals surface area (Å²) < 4.78 is 1.21. The summed E-state index contributed by atoms with van der Waals surface area (Å²) in [5.41, 5.74) is 3.68. The van der Waals surface area contributed by atoms with Gasteiger partial charge in [0, 0.05) is 16.4 Å². The van der Waals surface area contributed by atoms with Crippen LogP contribution in [0.25, 0.3) is 20.8 Å². The van der Waals surface area contributed by atoms with Crippen LogP contribution < -0.4 is 5.32 Å². The quantitative estimate of drug-likeness (QED) is 0.698. The molecule has 0 spiro atoms. The summed E-state index contributed by atoms with van der Waals surface area (Å²) in [6.07, 6.45) is 6.80. The van der Waals surface area contributed by atoms with Crippen molar-refractivity contribution in [2.45, 2.75) is 38.5 Å². The molecule has 5 heteroatoms.